The summed E-state index contributed by atoms with van der Waals surface area (Å²) in [6.45, 7) is 11.3. The summed E-state index contributed by atoms with van der Waals surface area (Å²) in [6, 6.07) is 9.46. The third kappa shape index (κ3) is 4.93. The van der Waals surface area contributed by atoms with E-state index in [-0.39, 0.29) is 29.1 Å². The lowest BCUT2D eigenvalue weighted by atomic mass is 10.2. The number of carbonyl (C=O) groups excluding carboxylic acids is 1. The summed E-state index contributed by atoms with van der Waals surface area (Å²) in [7, 11) is 1.68. The quantitative estimate of drug-likeness (QED) is 0.275. The van der Waals surface area contributed by atoms with Crippen LogP contribution in [0.15, 0.2) is 40.3 Å². The van der Waals surface area contributed by atoms with Crippen LogP contribution in [0.4, 0.5) is 0 Å². The number of hydrogen-bond acceptors (Lipinski definition) is 5. The average molecular weight is 442 g/mol. The first kappa shape index (κ1) is 23.3. The van der Waals surface area contributed by atoms with E-state index >= 15 is 0 Å². The van der Waals surface area contributed by atoms with Crippen LogP contribution in [0.5, 0.6) is 0 Å². The van der Waals surface area contributed by atoms with Gasteiger partial charge in [0.1, 0.15) is 0 Å². The summed E-state index contributed by atoms with van der Waals surface area (Å²) >= 11 is 1.33. The van der Waals surface area contributed by atoms with E-state index in [2.05, 4.69) is 25.3 Å². The first-order chi connectivity index (χ1) is 14.7. The maximum absolute atomic E-state index is 13.1. The van der Waals surface area contributed by atoms with Gasteiger partial charge >= 0.3 is 0 Å². The molecule has 0 bridgehead atoms. The highest BCUT2D eigenvalue weighted by molar-refractivity contribution is 7.99. The number of Topliss-reactive ketones (excluding diaryl/α,β-unsaturated/α-hetero) is 1. The van der Waals surface area contributed by atoms with E-state index in [0.717, 1.165) is 11.4 Å². The molecular weight excluding hydrogens is 410 g/mol. The van der Waals surface area contributed by atoms with Gasteiger partial charge in [0.05, 0.1) is 29.3 Å². The average Bonchev–Trinajstić information content (AvgIpc) is 3.02. The minimum absolute atomic E-state index is 0.0347. The highest BCUT2D eigenvalue weighted by Gasteiger charge is 2.20. The molecule has 0 radical (unpaired) electrons. The number of carbonyl (C=O) groups is 1. The van der Waals surface area contributed by atoms with E-state index in [1.54, 1.807) is 17.7 Å². The van der Waals surface area contributed by atoms with Gasteiger partial charge < -0.3 is 9.30 Å². The van der Waals surface area contributed by atoms with Gasteiger partial charge in [0.15, 0.2) is 10.9 Å². The van der Waals surface area contributed by atoms with Crippen LogP contribution in [0.1, 0.15) is 48.6 Å². The molecule has 0 unspecified atom stereocenters. The van der Waals surface area contributed by atoms with E-state index in [1.807, 2.05) is 38.1 Å². The Labute approximate surface area is 187 Å². The van der Waals surface area contributed by atoms with Crippen molar-refractivity contribution in [1.82, 2.24) is 14.1 Å². The second-order valence-electron chi connectivity index (χ2n) is 8.39. The zero-order chi connectivity index (χ0) is 22.7. The van der Waals surface area contributed by atoms with Crippen molar-refractivity contribution in [3.05, 3.63) is 57.6 Å². The number of benzene rings is 1. The fourth-order valence-electron chi connectivity index (χ4n) is 4.05. The fourth-order valence-corrected chi connectivity index (χ4v) is 4.94. The first-order valence-corrected chi connectivity index (χ1v) is 11.6. The van der Waals surface area contributed by atoms with Gasteiger partial charge in [0, 0.05) is 30.6 Å². The van der Waals surface area contributed by atoms with Crippen molar-refractivity contribution in [2.45, 2.75) is 52.4 Å². The molecule has 6 nitrogen and oxygen atoms in total. The molecule has 31 heavy (non-hydrogen) atoms. The van der Waals surface area contributed by atoms with Crippen molar-refractivity contribution in [2.75, 3.05) is 19.5 Å². The van der Waals surface area contributed by atoms with E-state index in [4.69, 9.17) is 9.72 Å². The molecule has 1 atom stereocenters. The predicted molar refractivity (Wildman–Crippen MR) is 126 cm³/mol. The molecule has 0 amide bonds. The number of ketones is 1. The fraction of sp³-hybridized carbons (Fsp3) is 0.458. The molecule has 7 heteroatoms. The van der Waals surface area contributed by atoms with Crippen LogP contribution in [0, 0.1) is 19.8 Å². The lowest BCUT2D eigenvalue weighted by Gasteiger charge is -2.17. The number of ether oxygens (including phenoxy) is 1. The zero-order valence-electron chi connectivity index (χ0n) is 19.1. The van der Waals surface area contributed by atoms with Crippen molar-refractivity contribution in [2.24, 2.45) is 5.92 Å². The van der Waals surface area contributed by atoms with Crippen LogP contribution in [0.3, 0.4) is 0 Å². The summed E-state index contributed by atoms with van der Waals surface area (Å²) in [6.07, 6.45) is 0. The smallest absolute Gasteiger partial charge is 0.262 e. The summed E-state index contributed by atoms with van der Waals surface area (Å²) in [4.78, 5) is 30.8. The number of nitrogens with zero attached hydrogens (tertiary/aromatic N) is 3. The zero-order valence-corrected chi connectivity index (χ0v) is 20.0. The number of rotatable bonds is 9. The Hall–Kier alpha value is -2.38. The van der Waals surface area contributed by atoms with Crippen molar-refractivity contribution in [1.29, 1.82) is 0 Å². The number of thioether (sulfide) groups is 1. The summed E-state index contributed by atoms with van der Waals surface area (Å²) < 4.78 is 9.13. The van der Waals surface area contributed by atoms with Crippen molar-refractivity contribution in [3.63, 3.8) is 0 Å². The number of aromatic nitrogens is 3. The van der Waals surface area contributed by atoms with Crippen molar-refractivity contribution in [3.8, 4) is 0 Å². The highest BCUT2D eigenvalue weighted by atomic mass is 32.2. The SMILES string of the molecule is COC[C@@H](C)n1c(C)cc(C(=O)CSc2nc3ccccc3c(=O)n2CC(C)C)c1C. The monoisotopic (exact) mass is 441 g/mol. The molecule has 166 valence electrons. The molecule has 0 fully saturated rings. The predicted octanol–water partition coefficient (Wildman–Crippen LogP) is 4.65. The number of fused-ring (bicyclic) bond motifs is 1. The normalized spacial score (nSPS) is 12.6. The summed E-state index contributed by atoms with van der Waals surface area (Å²) in [5.74, 6) is 0.552. The molecule has 2 aromatic heterocycles. The summed E-state index contributed by atoms with van der Waals surface area (Å²) in [5, 5.41) is 1.20. The minimum Gasteiger partial charge on any atom is -0.383 e. The Morgan fingerprint density at radius 1 is 1.19 bits per heavy atom. The van der Waals surface area contributed by atoms with Gasteiger partial charge in [-0.15, -0.1) is 0 Å². The standard InChI is InChI=1S/C24H31N3O3S/c1-15(2)12-26-23(29)19-9-7-8-10-21(19)25-24(26)31-14-22(28)20-11-16(3)27(18(20)5)17(4)13-30-6/h7-11,15,17H,12-14H2,1-6H3/t17-/m1/s1. The van der Waals surface area contributed by atoms with Gasteiger partial charge in [-0.25, -0.2) is 4.98 Å². The molecule has 0 N–H and O–H groups in total. The summed E-state index contributed by atoms with van der Waals surface area (Å²) in [5.41, 5.74) is 3.30. The molecule has 0 saturated heterocycles. The Morgan fingerprint density at radius 2 is 1.90 bits per heavy atom. The molecule has 1 aromatic carbocycles. The first-order valence-electron chi connectivity index (χ1n) is 10.6. The topological polar surface area (TPSA) is 66.1 Å². The third-order valence-electron chi connectivity index (χ3n) is 5.34. The van der Waals surface area contributed by atoms with Gasteiger partial charge in [-0.2, -0.15) is 0 Å². The van der Waals surface area contributed by atoms with E-state index in [9.17, 15) is 9.59 Å². The Kier molecular flexibility index (Phi) is 7.38. The Morgan fingerprint density at radius 3 is 2.58 bits per heavy atom. The molecule has 3 rings (SSSR count). The Bertz CT molecular complexity index is 1150. The van der Waals surface area contributed by atoms with Gasteiger partial charge in [-0.3, -0.25) is 14.2 Å². The van der Waals surface area contributed by atoms with E-state index in [0.29, 0.717) is 34.8 Å². The van der Waals surface area contributed by atoms with Crippen molar-refractivity contribution >= 4 is 28.4 Å². The van der Waals surface area contributed by atoms with Crippen LogP contribution < -0.4 is 5.56 Å². The molecule has 0 aliphatic rings. The lowest BCUT2D eigenvalue weighted by Crippen LogP contribution is -2.25. The molecule has 0 aliphatic carbocycles. The lowest BCUT2D eigenvalue weighted by molar-refractivity contribution is 0.102. The molecule has 2 heterocycles. The van der Waals surface area contributed by atoms with E-state index < -0.39 is 0 Å². The second-order valence-corrected chi connectivity index (χ2v) is 9.33. The van der Waals surface area contributed by atoms with Crippen LogP contribution in [0.25, 0.3) is 10.9 Å². The number of hydrogen-bond donors (Lipinski definition) is 0. The number of para-hydroxylation sites is 1. The van der Waals surface area contributed by atoms with Crippen molar-refractivity contribution < 1.29 is 9.53 Å². The molecule has 0 spiro atoms. The molecular formula is C24H31N3O3S. The molecule has 0 aliphatic heterocycles. The maximum Gasteiger partial charge on any atom is 0.262 e. The highest BCUT2D eigenvalue weighted by Crippen LogP contribution is 2.24. The molecule has 0 saturated carbocycles. The number of methoxy groups -OCH3 is 1. The van der Waals surface area contributed by atoms with Gasteiger partial charge in [0.2, 0.25) is 0 Å². The maximum atomic E-state index is 13.1. The Balaban J connectivity index is 1.90. The largest absolute Gasteiger partial charge is 0.383 e. The van der Waals surface area contributed by atoms with Gasteiger partial charge in [-0.05, 0) is 44.9 Å². The number of aryl methyl sites for hydroxylation is 1. The van der Waals surface area contributed by atoms with Gasteiger partial charge in [-0.1, -0.05) is 37.7 Å². The van der Waals surface area contributed by atoms with Crippen LogP contribution in [0.2, 0.25) is 0 Å². The van der Waals surface area contributed by atoms with Crippen LogP contribution in [-0.4, -0.2) is 39.4 Å². The minimum atomic E-state index is -0.0548. The molecule has 3 aromatic rings. The van der Waals surface area contributed by atoms with Gasteiger partial charge in [0.25, 0.3) is 5.56 Å². The van der Waals surface area contributed by atoms with Crippen LogP contribution >= 0.6 is 11.8 Å². The third-order valence-corrected chi connectivity index (χ3v) is 6.32. The second kappa shape index (κ2) is 9.83. The van der Waals surface area contributed by atoms with Crippen LogP contribution in [-0.2, 0) is 11.3 Å². The van der Waals surface area contributed by atoms with E-state index in [1.165, 1.54) is 11.8 Å².